The molecule has 2 nitrogen and oxygen atoms in total. The van der Waals surface area contributed by atoms with E-state index in [0.717, 1.165) is 18.9 Å². The lowest BCUT2D eigenvalue weighted by Gasteiger charge is -2.38. The Balaban J connectivity index is 1.85. The second-order valence-electron chi connectivity index (χ2n) is 5.87. The van der Waals surface area contributed by atoms with Crippen molar-refractivity contribution >= 4 is 0 Å². The van der Waals surface area contributed by atoms with Crippen molar-refractivity contribution < 1.29 is 0 Å². The highest BCUT2D eigenvalue weighted by molar-refractivity contribution is 5.14. The molecule has 2 heteroatoms. The summed E-state index contributed by atoms with van der Waals surface area (Å²) < 4.78 is 0. The molecule has 0 radical (unpaired) electrons. The fourth-order valence-corrected chi connectivity index (χ4v) is 3.00. The van der Waals surface area contributed by atoms with E-state index in [1.165, 1.54) is 24.8 Å². The molecular formula is C16H26N2. The molecule has 0 spiro atoms. The molecule has 1 fully saturated rings. The van der Waals surface area contributed by atoms with Gasteiger partial charge >= 0.3 is 0 Å². The van der Waals surface area contributed by atoms with E-state index in [1.807, 2.05) is 0 Å². The molecule has 2 N–H and O–H groups in total. The lowest BCUT2D eigenvalue weighted by molar-refractivity contribution is 0.144. The van der Waals surface area contributed by atoms with Crippen LogP contribution in [0.3, 0.4) is 0 Å². The first-order chi connectivity index (χ1) is 8.66. The molecule has 0 saturated heterocycles. The minimum Gasteiger partial charge on any atom is -0.326 e. The molecule has 1 aliphatic carbocycles. The third-order valence-corrected chi connectivity index (χ3v) is 4.29. The molecule has 1 aliphatic rings. The first kappa shape index (κ1) is 13.6. The standard InChI is InChI=1S/C16H26N2/c1-13-8-9-15(17)16(12-13)18(2)11-10-14-6-4-3-5-7-14/h3-7,13,15-16H,8-12,17H2,1-2H3. The molecule has 1 saturated carbocycles. The van der Waals surface area contributed by atoms with Crippen LogP contribution in [0.4, 0.5) is 0 Å². The van der Waals surface area contributed by atoms with E-state index in [2.05, 4.69) is 49.2 Å². The van der Waals surface area contributed by atoms with Gasteiger partial charge < -0.3 is 10.6 Å². The highest BCUT2D eigenvalue weighted by atomic mass is 15.1. The van der Waals surface area contributed by atoms with Crippen LogP contribution < -0.4 is 5.73 Å². The van der Waals surface area contributed by atoms with Gasteiger partial charge in [0.25, 0.3) is 0 Å². The van der Waals surface area contributed by atoms with Crippen molar-refractivity contribution in [2.75, 3.05) is 13.6 Å². The fraction of sp³-hybridized carbons (Fsp3) is 0.625. The molecule has 0 aliphatic heterocycles. The van der Waals surface area contributed by atoms with Gasteiger partial charge in [-0.05, 0) is 44.2 Å². The maximum absolute atomic E-state index is 6.27. The molecule has 0 amide bonds. The Labute approximate surface area is 111 Å². The zero-order valence-corrected chi connectivity index (χ0v) is 11.7. The maximum Gasteiger partial charge on any atom is 0.0246 e. The minimum absolute atomic E-state index is 0.363. The van der Waals surface area contributed by atoms with E-state index >= 15 is 0 Å². The normalized spacial score (nSPS) is 28.6. The van der Waals surface area contributed by atoms with Crippen LogP contribution in [-0.4, -0.2) is 30.6 Å². The van der Waals surface area contributed by atoms with Gasteiger partial charge in [-0.15, -0.1) is 0 Å². The first-order valence-electron chi connectivity index (χ1n) is 7.16. The monoisotopic (exact) mass is 246 g/mol. The van der Waals surface area contributed by atoms with E-state index in [1.54, 1.807) is 0 Å². The average molecular weight is 246 g/mol. The predicted octanol–water partition coefficient (Wildman–Crippen LogP) is 2.68. The Morgan fingerprint density at radius 3 is 2.67 bits per heavy atom. The Bertz CT molecular complexity index is 349. The van der Waals surface area contributed by atoms with Gasteiger partial charge in [-0.2, -0.15) is 0 Å². The smallest absolute Gasteiger partial charge is 0.0246 e. The van der Waals surface area contributed by atoms with Gasteiger partial charge in [0, 0.05) is 18.6 Å². The van der Waals surface area contributed by atoms with Crippen LogP contribution in [0.15, 0.2) is 30.3 Å². The van der Waals surface area contributed by atoms with Crippen LogP contribution in [0.2, 0.25) is 0 Å². The molecule has 0 heterocycles. The fourth-order valence-electron chi connectivity index (χ4n) is 3.00. The zero-order chi connectivity index (χ0) is 13.0. The van der Waals surface area contributed by atoms with Gasteiger partial charge in [0.1, 0.15) is 0 Å². The largest absolute Gasteiger partial charge is 0.326 e. The van der Waals surface area contributed by atoms with Crippen LogP contribution in [-0.2, 0) is 6.42 Å². The number of rotatable bonds is 4. The Morgan fingerprint density at radius 1 is 1.22 bits per heavy atom. The van der Waals surface area contributed by atoms with Gasteiger partial charge in [-0.25, -0.2) is 0 Å². The SMILES string of the molecule is CC1CCC(N)C(N(C)CCc2ccccc2)C1. The Hall–Kier alpha value is -0.860. The van der Waals surface area contributed by atoms with E-state index in [4.69, 9.17) is 5.73 Å². The van der Waals surface area contributed by atoms with E-state index < -0.39 is 0 Å². The molecular weight excluding hydrogens is 220 g/mol. The highest BCUT2D eigenvalue weighted by Crippen LogP contribution is 2.26. The van der Waals surface area contributed by atoms with Crippen LogP contribution in [0, 0.1) is 5.92 Å². The summed E-state index contributed by atoms with van der Waals surface area (Å²) >= 11 is 0. The van der Waals surface area contributed by atoms with Crippen molar-refractivity contribution in [3.63, 3.8) is 0 Å². The molecule has 0 aromatic heterocycles. The Morgan fingerprint density at radius 2 is 1.94 bits per heavy atom. The molecule has 3 unspecified atom stereocenters. The van der Waals surface area contributed by atoms with Crippen LogP contribution in [0.25, 0.3) is 0 Å². The third-order valence-electron chi connectivity index (χ3n) is 4.29. The van der Waals surface area contributed by atoms with E-state index in [-0.39, 0.29) is 0 Å². The summed E-state index contributed by atoms with van der Waals surface area (Å²) in [6.45, 7) is 3.46. The number of likely N-dealkylation sites (N-methyl/N-ethyl adjacent to an activating group) is 1. The Kier molecular flexibility index (Phi) is 4.79. The molecule has 2 rings (SSSR count). The van der Waals surface area contributed by atoms with E-state index in [0.29, 0.717) is 12.1 Å². The molecule has 18 heavy (non-hydrogen) atoms. The van der Waals surface area contributed by atoms with Crippen molar-refractivity contribution in [1.82, 2.24) is 4.90 Å². The lowest BCUT2D eigenvalue weighted by atomic mass is 9.83. The van der Waals surface area contributed by atoms with Crippen molar-refractivity contribution in [2.45, 2.75) is 44.7 Å². The molecule has 1 aromatic carbocycles. The number of nitrogens with two attached hydrogens (primary N) is 1. The first-order valence-corrected chi connectivity index (χ1v) is 7.16. The number of benzene rings is 1. The number of hydrogen-bond donors (Lipinski definition) is 1. The summed E-state index contributed by atoms with van der Waals surface area (Å²) in [4.78, 5) is 2.47. The van der Waals surface area contributed by atoms with Crippen molar-refractivity contribution in [3.8, 4) is 0 Å². The summed E-state index contributed by atoms with van der Waals surface area (Å²) in [6, 6.07) is 11.6. The number of nitrogens with zero attached hydrogens (tertiary/aromatic N) is 1. The second kappa shape index (κ2) is 6.35. The number of hydrogen-bond acceptors (Lipinski definition) is 2. The van der Waals surface area contributed by atoms with E-state index in [9.17, 15) is 0 Å². The summed E-state index contributed by atoms with van der Waals surface area (Å²) in [5, 5.41) is 0. The van der Waals surface area contributed by atoms with Gasteiger partial charge in [0.15, 0.2) is 0 Å². The lowest BCUT2D eigenvalue weighted by Crippen LogP contribution is -2.50. The van der Waals surface area contributed by atoms with Gasteiger partial charge in [0.2, 0.25) is 0 Å². The van der Waals surface area contributed by atoms with Gasteiger partial charge in [-0.3, -0.25) is 0 Å². The van der Waals surface area contributed by atoms with Crippen molar-refractivity contribution in [1.29, 1.82) is 0 Å². The third kappa shape index (κ3) is 3.56. The van der Waals surface area contributed by atoms with Crippen LogP contribution in [0.5, 0.6) is 0 Å². The summed E-state index contributed by atoms with van der Waals surface area (Å²) in [6.07, 6.45) is 4.85. The summed E-state index contributed by atoms with van der Waals surface area (Å²) in [5.74, 6) is 0.828. The molecule has 3 atom stereocenters. The van der Waals surface area contributed by atoms with Gasteiger partial charge in [-0.1, -0.05) is 37.3 Å². The minimum atomic E-state index is 0.363. The quantitative estimate of drug-likeness (QED) is 0.885. The topological polar surface area (TPSA) is 29.3 Å². The maximum atomic E-state index is 6.27. The average Bonchev–Trinajstić information content (AvgIpc) is 2.40. The van der Waals surface area contributed by atoms with Crippen LogP contribution in [0.1, 0.15) is 31.7 Å². The summed E-state index contributed by atoms with van der Waals surface area (Å²) in [7, 11) is 2.23. The van der Waals surface area contributed by atoms with Crippen molar-refractivity contribution in [3.05, 3.63) is 35.9 Å². The molecule has 100 valence electrons. The molecule has 0 bridgehead atoms. The zero-order valence-electron chi connectivity index (χ0n) is 11.7. The summed E-state index contributed by atoms with van der Waals surface area (Å²) in [5.41, 5.74) is 7.69. The van der Waals surface area contributed by atoms with Gasteiger partial charge in [0.05, 0.1) is 0 Å². The van der Waals surface area contributed by atoms with Crippen molar-refractivity contribution in [2.24, 2.45) is 11.7 Å². The molecule has 1 aromatic rings. The van der Waals surface area contributed by atoms with Crippen LogP contribution >= 0.6 is 0 Å². The predicted molar refractivity (Wildman–Crippen MR) is 77.6 cm³/mol. The highest BCUT2D eigenvalue weighted by Gasteiger charge is 2.28. The second-order valence-corrected chi connectivity index (χ2v) is 5.87.